The molecule has 4 heteroatoms. The maximum absolute atomic E-state index is 11.4. The minimum atomic E-state index is -0.0687. The molecule has 0 saturated heterocycles. The number of fused-ring (bicyclic) bond motifs is 1. The second-order valence-corrected chi connectivity index (χ2v) is 3.02. The Kier molecular flexibility index (Phi) is 1.96. The maximum Gasteiger partial charge on any atom is 0.207 e. The summed E-state index contributed by atoms with van der Waals surface area (Å²) in [6, 6.07) is 5.31. The Morgan fingerprint density at radius 3 is 2.93 bits per heavy atom. The van der Waals surface area contributed by atoms with Crippen molar-refractivity contribution in [1.29, 1.82) is 0 Å². The van der Waals surface area contributed by atoms with Crippen molar-refractivity contribution < 1.29 is 4.74 Å². The average Bonchev–Trinajstić information content (AvgIpc) is 2.23. The molecular weight excluding hydrogens is 180 g/mol. The highest BCUT2D eigenvalue weighted by Gasteiger charge is 2.02. The van der Waals surface area contributed by atoms with Crippen LogP contribution in [0.1, 0.15) is 0 Å². The van der Waals surface area contributed by atoms with Crippen LogP contribution in [0, 0.1) is 0 Å². The number of hydrogen-bond donors (Lipinski definition) is 0. The molecule has 0 radical (unpaired) electrons. The van der Waals surface area contributed by atoms with Gasteiger partial charge in [-0.05, 0) is 12.1 Å². The molecule has 0 aliphatic carbocycles. The predicted molar refractivity (Wildman–Crippen MR) is 53.5 cm³/mol. The second-order valence-electron chi connectivity index (χ2n) is 3.02. The summed E-state index contributed by atoms with van der Waals surface area (Å²) < 4.78 is 6.73. The zero-order chi connectivity index (χ0) is 10.1. The van der Waals surface area contributed by atoms with E-state index in [9.17, 15) is 4.79 Å². The number of benzene rings is 1. The van der Waals surface area contributed by atoms with Gasteiger partial charge in [-0.15, -0.1) is 0 Å². The maximum atomic E-state index is 11.4. The van der Waals surface area contributed by atoms with Gasteiger partial charge in [0, 0.05) is 18.5 Å². The smallest absolute Gasteiger partial charge is 0.207 e. The Hall–Kier alpha value is -1.84. The van der Waals surface area contributed by atoms with Gasteiger partial charge < -0.3 is 4.74 Å². The fourth-order valence-corrected chi connectivity index (χ4v) is 1.39. The first-order valence-corrected chi connectivity index (χ1v) is 4.22. The number of ether oxygens (including phenoxy) is 1. The fourth-order valence-electron chi connectivity index (χ4n) is 1.39. The monoisotopic (exact) mass is 190 g/mol. The lowest BCUT2D eigenvalue weighted by Gasteiger charge is -2.05. The molecule has 0 aliphatic rings. The van der Waals surface area contributed by atoms with Crippen LogP contribution in [0.2, 0.25) is 0 Å². The van der Waals surface area contributed by atoms with Crippen LogP contribution in [-0.2, 0) is 7.05 Å². The standard InChI is InChI=1S/C10H10N2O2/c1-12-9-5-7(14-2)3-4-8(9)10(13)6-11-12/h3-6H,1-2H3. The quantitative estimate of drug-likeness (QED) is 0.672. The summed E-state index contributed by atoms with van der Waals surface area (Å²) in [5.41, 5.74) is 0.706. The Balaban J connectivity index is 2.87. The molecule has 2 aromatic rings. The fraction of sp³-hybridized carbons (Fsp3) is 0.200. The molecule has 0 N–H and O–H groups in total. The van der Waals surface area contributed by atoms with Crippen molar-refractivity contribution in [1.82, 2.24) is 9.78 Å². The molecule has 72 valence electrons. The van der Waals surface area contributed by atoms with Gasteiger partial charge in [-0.2, -0.15) is 5.10 Å². The molecule has 4 nitrogen and oxygen atoms in total. The van der Waals surface area contributed by atoms with E-state index in [1.165, 1.54) is 6.20 Å². The Morgan fingerprint density at radius 1 is 1.43 bits per heavy atom. The van der Waals surface area contributed by atoms with E-state index in [4.69, 9.17) is 4.74 Å². The summed E-state index contributed by atoms with van der Waals surface area (Å²) >= 11 is 0. The van der Waals surface area contributed by atoms with Crippen molar-refractivity contribution >= 4 is 10.9 Å². The van der Waals surface area contributed by atoms with Crippen molar-refractivity contribution in [3.63, 3.8) is 0 Å². The first-order valence-electron chi connectivity index (χ1n) is 4.22. The van der Waals surface area contributed by atoms with Gasteiger partial charge in [0.05, 0.1) is 18.8 Å². The Morgan fingerprint density at radius 2 is 2.21 bits per heavy atom. The molecule has 0 atom stereocenters. The van der Waals surface area contributed by atoms with E-state index in [0.717, 1.165) is 11.3 Å². The van der Waals surface area contributed by atoms with Crippen LogP contribution in [0.3, 0.4) is 0 Å². The van der Waals surface area contributed by atoms with E-state index < -0.39 is 0 Å². The van der Waals surface area contributed by atoms with Crippen molar-refractivity contribution in [3.05, 3.63) is 34.6 Å². The van der Waals surface area contributed by atoms with E-state index in [0.29, 0.717) is 5.39 Å². The van der Waals surface area contributed by atoms with E-state index in [2.05, 4.69) is 5.10 Å². The molecule has 14 heavy (non-hydrogen) atoms. The van der Waals surface area contributed by atoms with Gasteiger partial charge in [-0.25, -0.2) is 0 Å². The highest BCUT2D eigenvalue weighted by Crippen LogP contribution is 2.16. The van der Waals surface area contributed by atoms with Crippen LogP contribution in [0.15, 0.2) is 29.2 Å². The van der Waals surface area contributed by atoms with Crippen molar-refractivity contribution in [3.8, 4) is 5.75 Å². The summed E-state index contributed by atoms with van der Waals surface area (Å²) in [5, 5.41) is 4.59. The summed E-state index contributed by atoms with van der Waals surface area (Å²) in [4.78, 5) is 11.4. The molecule has 0 spiro atoms. The molecule has 0 aliphatic heterocycles. The summed E-state index contributed by atoms with van der Waals surface area (Å²) in [5.74, 6) is 0.723. The Labute approximate surface area is 80.7 Å². The lowest BCUT2D eigenvalue weighted by molar-refractivity contribution is 0.415. The highest BCUT2D eigenvalue weighted by molar-refractivity contribution is 5.79. The average molecular weight is 190 g/mol. The molecule has 0 bridgehead atoms. The van der Waals surface area contributed by atoms with Gasteiger partial charge in [-0.3, -0.25) is 9.48 Å². The lowest BCUT2D eigenvalue weighted by atomic mass is 10.2. The third-order valence-corrected chi connectivity index (χ3v) is 2.17. The van der Waals surface area contributed by atoms with Crippen LogP contribution >= 0.6 is 0 Å². The second kappa shape index (κ2) is 3.14. The minimum Gasteiger partial charge on any atom is -0.497 e. The first kappa shape index (κ1) is 8.74. The SMILES string of the molecule is COc1ccc2c(=O)cnn(C)c2c1. The number of hydrogen-bond acceptors (Lipinski definition) is 3. The minimum absolute atomic E-state index is 0.0687. The zero-order valence-electron chi connectivity index (χ0n) is 8.02. The van der Waals surface area contributed by atoms with Crippen LogP contribution < -0.4 is 10.2 Å². The summed E-state index contributed by atoms with van der Waals surface area (Å²) in [7, 11) is 3.39. The number of rotatable bonds is 1. The normalized spacial score (nSPS) is 10.4. The van der Waals surface area contributed by atoms with Gasteiger partial charge in [-0.1, -0.05) is 0 Å². The third kappa shape index (κ3) is 1.25. The molecule has 0 unspecified atom stereocenters. The van der Waals surface area contributed by atoms with Crippen molar-refractivity contribution in [2.24, 2.45) is 7.05 Å². The van der Waals surface area contributed by atoms with E-state index in [-0.39, 0.29) is 5.43 Å². The van der Waals surface area contributed by atoms with Crippen molar-refractivity contribution in [2.75, 3.05) is 7.11 Å². The van der Waals surface area contributed by atoms with E-state index in [1.807, 2.05) is 0 Å². The number of aromatic nitrogens is 2. The van der Waals surface area contributed by atoms with Crippen LogP contribution in [-0.4, -0.2) is 16.9 Å². The molecule has 0 saturated carbocycles. The van der Waals surface area contributed by atoms with Gasteiger partial charge in [0.25, 0.3) is 0 Å². The Bertz CT molecular complexity index is 531. The highest BCUT2D eigenvalue weighted by atomic mass is 16.5. The van der Waals surface area contributed by atoms with Gasteiger partial charge >= 0.3 is 0 Å². The molecule has 0 fully saturated rings. The van der Waals surface area contributed by atoms with Crippen LogP contribution in [0.4, 0.5) is 0 Å². The summed E-state index contributed by atoms with van der Waals surface area (Å²) in [6.07, 6.45) is 1.31. The molecule has 1 heterocycles. The largest absolute Gasteiger partial charge is 0.497 e. The topological polar surface area (TPSA) is 44.1 Å². The molecule has 0 amide bonds. The van der Waals surface area contributed by atoms with Crippen molar-refractivity contribution in [2.45, 2.75) is 0 Å². The van der Waals surface area contributed by atoms with Crippen LogP contribution in [0.5, 0.6) is 5.75 Å². The molecule has 1 aromatic heterocycles. The predicted octanol–water partition coefficient (Wildman–Crippen LogP) is 0.942. The van der Waals surface area contributed by atoms with Crippen LogP contribution in [0.25, 0.3) is 10.9 Å². The van der Waals surface area contributed by atoms with E-state index >= 15 is 0 Å². The zero-order valence-corrected chi connectivity index (χ0v) is 8.02. The van der Waals surface area contributed by atoms with Gasteiger partial charge in [0.2, 0.25) is 5.43 Å². The van der Waals surface area contributed by atoms with Gasteiger partial charge in [0.15, 0.2) is 0 Å². The summed E-state index contributed by atoms with van der Waals surface area (Å²) in [6.45, 7) is 0. The van der Waals surface area contributed by atoms with E-state index in [1.54, 1.807) is 37.0 Å². The molecular formula is C10H10N2O2. The molecule has 1 aromatic carbocycles. The molecule has 2 rings (SSSR count). The third-order valence-electron chi connectivity index (χ3n) is 2.17. The number of methoxy groups -OCH3 is 1. The van der Waals surface area contributed by atoms with Gasteiger partial charge in [0.1, 0.15) is 5.75 Å². The lowest BCUT2D eigenvalue weighted by Crippen LogP contribution is -2.09. The first-order chi connectivity index (χ1) is 6.72. The number of aryl methyl sites for hydroxylation is 1. The number of nitrogens with zero attached hydrogens (tertiary/aromatic N) is 2.